The Balaban J connectivity index is 2.04. The van der Waals surface area contributed by atoms with E-state index >= 15 is 0 Å². The summed E-state index contributed by atoms with van der Waals surface area (Å²) in [4.78, 5) is 11.8. The molecule has 0 radical (unpaired) electrons. The zero-order valence-electron chi connectivity index (χ0n) is 9.41. The van der Waals surface area contributed by atoms with Gasteiger partial charge in [0.15, 0.2) is 0 Å². The van der Waals surface area contributed by atoms with Crippen LogP contribution in [-0.2, 0) is 9.53 Å². The molecule has 0 aromatic heterocycles. The number of anilines is 2. The molecule has 0 aliphatic carbocycles. The van der Waals surface area contributed by atoms with Crippen molar-refractivity contribution in [2.45, 2.75) is 25.4 Å². The van der Waals surface area contributed by atoms with E-state index in [2.05, 4.69) is 5.32 Å². The van der Waals surface area contributed by atoms with Gasteiger partial charge >= 0.3 is 0 Å². The summed E-state index contributed by atoms with van der Waals surface area (Å²) in [5.41, 5.74) is 6.28. The smallest absolute Gasteiger partial charge is 0.253 e. The number of amides is 1. The van der Waals surface area contributed by atoms with Gasteiger partial charge in [-0.1, -0.05) is 0 Å². The monoisotopic (exact) mass is 238 g/mol. The normalized spacial score (nSPS) is 19.9. The van der Waals surface area contributed by atoms with E-state index in [0.29, 0.717) is 24.4 Å². The Labute approximate surface area is 98.9 Å². The number of carbonyl (C=O) groups is 1. The van der Waals surface area contributed by atoms with Crippen LogP contribution < -0.4 is 11.1 Å². The summed E-state index contributed by atoms with van der Waals surface area (Å²) in [5.74, 6) is -0.693. The van der Waals surface area contributed by atoms with Crippen molar-refractivity contribution >= 4 is 17.3 Å². The molecule has 5 heteroatoms. The molecule has 4 nitrogen and oxygen atoms in total. The number of carbonyl (C=O) groups excluding carboxylic acids is 1. The van der Waals surface area contributed by atoms with Crippen LogP contribution in [0.4, 0.5) is 15.8 Å². The second-order valence-corrected chi connectivity index (χ2v) is 4.08. The molecular weight excluding hydrogens is 223 g/mol. The van der Waals surface area contributed by atoms with Crippen molar-refractivity contribution in [2.75, 3.05) is 17.7 Å². The van der Waals surface area contributed by atoms with Crippen LogP contribution in [0.3, 0.4) is 0 Å². The Bertz CT molecular complexity index is 417. The average molecular weight is 238 g/mol. The third kappa shape index (κ3) is 2.94. The number of benzene rings is 1. The van der Waals surface area contributed by atoms with E-state index in [1.54, 1.807) is 0 Å². The zero-order valence-corrected chi connectivity index (χ0v) is 9.41. The van der Waals surface area contributed by atoms with Gasteiger partial charge in [0.05, 0.1) is 11.4 Å². The molecule has 1 heterocycles. The molecule has 1 aliphatic rings. The summed E-state index contributed by atoms with van der Waals surface area (Å²) in [6.45, 7) is 0.594. The van der Waals surface area contributed by atoms with E-state index in [1.807, 2.05) is 0 Å². The van der Waals surface area contributed by atoms with E-state index < -0.39 is 11.9 Å². The van der Waals surface area contributed by atoms with Crippen molar-refractivity contribution in [3.63, 3.8) is 0 Å². The van der Waals surface area contributed by atoms with Crippen LogP contribution in [0.25, 0.3) is 0 Å². The Hall–Kier alpha value is -1.62. The van der Waals surface area contributed by atoms with Crippen LogP contribution in [0.5, 0.6) is 0 Å². The molecule has 3 N–H and O–H groups in total. The highest BCUT2D eigenvalue weighted by Gasteiger charge is 2.22. The van der Waals surface area contributed by atoms with Gasteiger partial charge in [0.1, 0.15) is 11.9 Å². The largest absolute Gasteiger partial charge is 0.397 e. The van der Waals surface area contributed by atoms with E-state index in [-0.39, 0.29) is 5.91 Å². The molecule has 1 aliphatic heterocycles. The fourth-order valence-corrected chi connectivity index (χ4v) is 1.80. The fourth-order valence-electron chi connectivity index (χ4n) is 1.80. The number of rotatable bonds is 2. The summed E-state index contributed by atoms with van der Waals surface area (Å²) in [7, 11) is 0. The van der Waals surface area contributed by atoms with Gasteiger partial charge in [0.2, 0.25) is 0 Å². The van der Waals surface area contributed by atoms with Crippen LogP contribution in [0.15, 0.2) is 18.2 Å². The van der Waals surface area contributed by atoms with Crippen LogP contribution in [0.1, 0.15) is 19.3 Å². The molecule has 1 amide bonds. The van der Waals surface area contributed by atoms with Crippen LogP contribution >= 0.6 is 0 Å². The minimum Gasteiger partial charge on any atom is -0.397 e. The third-order valence-corrected chi connectivity index (χ3v) is 2.75. The van der Waals surface area contributed by atoms with Gasteiger partial charge in [0.25, 0.3) is 5.91 Å². The molecule has 92 valence electrons. The van der Waals surface area contributed by atoms with Gasteiger partial charge in [0, 0.05) is 6.61 Å². The standard InChI is InChI=1S/C12H15FN2O2/c13-8-4-5-9(14)10(7-8)15-12(16)11-3-1-2-6-17-11/h4-5,7,11H,1-3,6,14H2,(H,15,16). The van der Waals surface area contributed by atoms with Gasteiger partial charge in [-0.2, -0.15) is 0 Å². The van der Waals surface area contributed by atoms with Crippen molar-refractivity contribution in [3.8, 4) is 0 Å². The minimum atomic E-state index is -0.452. The molecule has 0 spiro atoms. The molecule has 1 saturated heterocycles. The first-order valence-electron chi connectivity index (χ1n) is 5.64. The predicted octanol–water partition coefficient (Wildman–Crippen LogP) is 1.92. The highest BCUT2D eigenvalue weighted by molar-refractivity contribution is 5.96. The molecular formula is C12H15FN2O2. The summed E-state index contributed by atoms with van der Waals surface area (Å²) >= 11 is 0. The average Bonchev–Trinajstić information content (AvgIpc) is 2.35. The first-order valence-corrected chi connectivity index (χ1v) is 5.64. The molecule has 1 aromatic rings. The summed E-state index contributed by atoms with van der Waals surface area (Å²) < 4.78 is 18.3. The fraction of sp³-hybridized carbons (Fsp3) is 0.417. The lowest BCUT2D eigenvalue weighted by Crippen LogP contribution is -2.33. The predicted molar refractivity (Wildman–Crippen MR) is 63.0 cm³/mol. The van der Waals surface area contributed by atoms with E-state index in [0.717, 1.165) is 12.8 Å². The first kappa shape index (κ1) is 11.9. The maximum atomic E-state index is 13.0. The second-order valence-electron chi connectivity index (χ2n) is 4.08. The number of halogens is 1. The molecule has 1 aromatic carbocycles. The highest BCUT2D eigenvalue weighted by Crippen LogP contribution is 2.21. The van der Waals surface area contributed by atoms with Crippen molar-refractivity contribution < 1.29 is 13.9 Å². The molecule has 0 saturated carbocycles. The van der Waals surface area contributed by atoms with Gasteiger partial charge in [-0.3, -0.25) is 4.79 Å². The number of hydrogen-bond donors (Lipinski definition) is 2. The van der Waals surface area contributed by atoms with E-state index in [4.69, 9.17) is 10.5 Å². The number of hydrogen-bond acceptors (Lipinski definition) is 3. The zero-order chi connectivity index (χ0) is 12.3. The maximum Gasteiger partial charge on any atom is 0.253 e. The summed E-state index contributed by atoms with van der Waals surface area (Å²) in [6.07, 6.45) is 2.19. The molecule has 0 bridgehead atoms. The Morgan fingerprint density at radius 1 is 1.47 bits per heavy atom. The Morgan fingerprint density at radius 3 is 3.00 bits per heavy atom. The topological polar surface area (TPSA) is 64.3 Å². The van der Waals surface area contributed by atoms with Crippen molar-refractivity contribution in [1.82, 2.24) is 0 Å². The molecule has 1 unspecified atom stereocenters. The van der Waals surface area contributed by atoms with Crippen LogP contribution in [0, 0.1) is 5.82 Å². The Kier molecular flexibility index (Phi) is 3.58. The summed E-state index contributed by atoms with van der Waals surface area (Å²) in [6, 6.07) is 3.88. The van der Waals surface area contributed by atoms with Crippen LogP contribution in [0.2, 0.25) is 0 Å². The van der Waals surface area contributed by atoms with Crippen molar-refractivity contribution in [1.29, 1.82) is 0 Å². The molecule has 2 rings (SSSR count). The van der Waals surface area contributed by atoms with Gasteiger partial charge in [-0.15, -0.1) is 0 Å². The van der Waals surface area contributed by atoms with Crippen LogP contribution in [-0.4, -0.2) is 18.6 Å². The highest BCUT2D eigenvalue weighted by atomic mass is 19.1. The lowest BCUT2D eigenvalue weighted by atomic mass is 10.1. The minimum absolute atomic E-state index is 0.262. The van der Waals surface area contributed by atoms with E-state index in [1.165, 1.54) is 18.2 Å². The molecule has 17 heavy (non-hydrogen) atoms. The lowest BCUT2D eigenvalue weighted by Gasteiger charge is -2.22. The maximum absolute atomic E-state index is 13.0. The number of nitrogens with one attached hydrogen (secondary N) is 1. The quantitative estimate of drug-likeness (QED) is 0.773. The third-order valence-electron chi connectivity index (χ3n) is 2.75. The Morgan fingerprint density at radius 2 is 2.29 bits per heavy atom. The number of nitrogens with two attached hydrogens (primary N) is 1. The first-order chi connectivity index (χ1) is 8.16. The van der Waals surface area contributed by atoms with Gasteiger partial charge in [-0.05, 0) is 37.5 Å². The molecule has 1 atom stereocenters. The number of nitrogen functional groups attached to an aromatic ring is 1. The molecule has 1 fully saturated rings. The van der Waals surface area contributed by atoms with Gasteiger partial charge in [-0.25, -0.2) is 4.39 Å². The van der Waals surface area contributed by atoms with Gasteiger partial charge < -0.3 is 15.8 Å². The second kappa shape index (κ2) is 5.14. The number of ether oxygens (including phenoxy) is 1. The van der Waals surface area contributed by atoms with Crippen molar-refractivity contribution in [2.24, 2.45) is 0 Å². The summed E-state index contributed by atoms with van der Waals surface area (Å²) in [5, 5.41) is 2.59. The van der Waals surface area contributed by atoms with E-state index in [9.17, 15) is 9.18 Å². The van der Waals surface area contributed by atoms with Crippen molar-refractivity contribution in [3.05, 3.63) is 24.0 Å². The SMILES string of the molecule is Nc1ccc(F)cc1NC(=O)C1CCCCO1. The lowest BCUT2D eigenvalue weighted by molar-refractivity contribution is -0.129.